The van der Waals surface area contributed by atoms with Crippen LogP contribution < -0.4 is 5.32 Å². The van der Waals surface area contributed by atoms with Crippen LogP contribution in [0.15, 0.2) is 0 Å². The van der Waals surface area contributed by atoms with Crippen LogP contribution >= 0.6 is 0 Å². The molecular formula is C11H23F3N2O. The Bertz CT molecular complexity index is 198. The van der Waals surface area contributed by atoms with Crippen LogP contribution in [0.1, 0.15) is 20.8 Å². The first-order chi connectivity index (χ1) is 7.74. The molecule has 1 unspecified atom stereocenters. The molecule has 0 radical (unpaired) electrons. The third kappa shape index (κ3) is 10.5. The summed E-state index contributed by atoms with van der Waals surface area (Å²) in [6.45, 7) is 5.75. The lowest BCUT2D eigenvalue weighted by Gasteiger charge is -2.26. The minimum absolute atomic E-state index is 0.0610. The molecule has 2 N–H and O–H groups in total. The zero-order valence-corrected chi connectivity index (χ0v) is 10.7. The van der Waals surface area contributed by atoms with Gasteiger partial charge in [-0.25, -0.2) is 0 Å². The van der Waals surface area contributed by atoms with Crippen LogP contribution in [0.5, 0.6) is 0 Å². The number of aliphatic hydroxyl groups is 1. The van der Waals surface area contributed by atoms with Crippen LogP contribution in [0.4, 0.5) is 13.2 Å². The second kappa shape index (κ2) is 7.89. The van der Waals surface area contributed by atoms with Crippen molar-refractivity contribution >= 4 is 0 Å². The normalized spacial score (nSPS) is 14.6. The summed E-state index contributed by atoms with van der Waals surface area (Å²) in [5, 5.41) is 11.9. The van der Waals surface area contributed by atoms with E-state index in [4.69, 9.17) is 5.11 Å². The molecule has 0 aliphatic rings. The Labute approximate surface area is 101 Å². The van der Waals surface area contributed by atoms with Gasteiger partial charge in [-0.15, -0.1) is 0 Å². The first kappa shape index (κ1) is 16.7. The highest BCUT2D eigenvalue weighted by molar-refractivity contribution is 4.68. The largest absolute Gasteiger partial charge is 0.401 e. The van der Waals surface area contributed by atoms with E-state index in [-0.39, 0.29) is 19.1 Å². The van der Waals surface area contributed by atoms with E-state index in [0.29, 0.717) is 19.1 Å². The van der Waals surface area contributed by atoms with Gasteiger partial charge >= 0.3 is 6.18 Å². The number of nitrogens with one attached hydrogen (secondary N) is 1. The van der Waals surface area contributed by atoms with E-state index in [1.54, 1.807) is 0 Å². The molecule has 0 rings (SSSR count). The van der Waals surface area contributed by atoms with Crippen molar-refractivity contribution in [2.24, 2.45) is 5.92 Å². The molecule has 0 saturated heterocycles. The van der Waals surface area contributed by atoms with Gasteiger partial charge in [-0.2, -0.15) is 13.2 Å². The lowest BCUT2D eigenvalue weighted by atomic mass is 10.1. The summed E-state index contributed by atoms with van der Waals surface area (Å²) in [5.41, 5.74) is 0. The van der Waals surface area contributed by atoms with Gasteiger partial charge < -0.3 is 10.4 Å². The van der Waals surface area contributed by atoms with Crippen LogP contribution in [0.2, 0.25) is 0 Å². The summed E-state index contributed by atoms with van der Waals surface area (Å²) in [4.78, 5) is 1.24. The zero-order chi connectivity index (χ0) is 13.5. The van der Waals surface area contributed by atoms with E-state index in [2.05, 4.69) is 5.32 Å². The van der Waals surface area contributed by atoms with Crippen LogP contribution in [0, 0.1) is 5.92 Å². The predicted molar refractivity (Wildman–Crippen MR) is 61.9 cm³/mol. The Kier molecular flexibility index (Phi) is 7.74. The molecule has 0 heterocycles. The first-order valence-electron chi connectivity index (χ1n) is 5.88. The maximum absolute atomic E-state index is 12.3. The lowest BCUT2D eigenvalue weighted by molar-refractivity contribution is -0.147. The number of nitrogens with zero attached hydrogens (tertiary/aromatic N) is 1. The average Bonchev–Trinajstić information content (AvgIpc) is 2.12. The highest BCUT2D eigenvalue weighted by Gasteiger charge is 2.30. The molecule has 17 heavy (non-hydrogen) atoms. The van der Waals surface area contributed by atoms with Crippen molar-refractivity contribution in [2.45, 2.75) is 33.0 Å². The van der Waals surface area contributed by atoms with Crippen molar-refractivity contribution < 1.29 is 18.3 Å². The molecule has 0 aromatic rings. The fourth-order valence-corrected chi connectivity index (χ4v) is 1.57. The predicted octanol–water partition coefficient (Wildman–Crippen LogP) is 1.48. The summed E-state index contributed by atoms with van der Waals surface area (Å²) >= 11 is 0. The summed E-state index contributed by atoms with van der Waals surface area (Å²) in [6, 6.07) is 0.325. The Morgan fingerprint density at radius 3 is 2.24 bits per heavy atom. The second-order valence-electron chi connectivity index (χ2n) is 4.74. The van der Waals surface area contributed by atoms with E-state index in [9.17, 15) is 13.2 Å². The van der Waals surface area contributed by atoms with Gasteiger partial charge in [0.15, 0.2) is 0 Å². The molecule has 0 aromatic heterocycles. The first-order valence-corrected chi connectivity index (χ1v) is 5.88. The van der Waals surface area contributed by atoms with Crippen molar-refractivity contribution in [3.05, 3.63) is 0 Å². The molecule has 0 aliphatic carbocycles. The Balaban J connectivity index is 4.05. The number of rotatable bonds is 8. The molecule has 0 spiro atoms. The maximum Gasteiger partial charge on any atom is 0.401 e. The van der Waals surface area contributed by atoms with E-state index >= 15 is 0 Å². The minimum Gasteiger partial charge on any atom is -0.395 e. The summed E-state index contributed by atoms with van der Waals surface area (Å²) in [5.74, 6) is 0.117. The van der Waals surface area contributed by atoms with Crippen LogP contribution in [0.25, 0.3) is 0 Å². The van der Waals surface area contributed by atoms with Crippen molar-refractivity contribution in [1.29, 1.82) is 0 Å². The van der Waals surface area contributed by atoms with E-state index in [1.165, 1.54) is 4.90 Å². The molecule has 0 bridgehead atoms. The Morgan fingerprint density at radius 2 is 1.82 bits per heavy atom. The summed E-state index contributed by atoms with van der Waals surface area (Å²) in [7, 11) is 0. The second-order valence-corrected chi connectivity index (χ2v) is 4.74. The van der Waals surface area contributed by atoms with E-state index in [1.807, 2.05) is 20.8 Å². The third-order valence-electron chi connectivity index (χ3n) is 2.26. The molecule has 104 valence electrons. The molecule has 0 amide bonds. The van der Waals surface area contributed by atoms with Crippen molar-refractivity contribution in [3.63, 3.8) is 0 Å². The van der Waals surface area contributed by atoms with Crippen molar-refractivity contribution in [1.82, 2.24) is 10.2 Å². The van der Waals surface area contributed by atoms with Crippen LogP contribution in [-0.2, 0) is 0 Å². The SMILES string of the molecule is CC(CNC(C)C)CN(CCO)CC(F)(F)F. The molecule has 0 fully saturated rings. The van der Waals surface area contributed by atoms with Crippen molar-refractivity contribution in [2.75, 3.05) is 32.8 Å². The van der Waals surface area contributed by atoms with Gasteiger partial charge in [0, 0.05) is 19.1 Å². The summed E-state index contributed by atoms with van der Waals surface area (Å²) in [6.07, 6.45) is -4.21. The number of halogens is 3. The molecule has 6 heteroatoms. The van der Waals surface area contributed by atoms with Gasteiger partial charge in [-0.05, 0) is 12.5 Å². The minimum atomic E-state index is -4.21. The van der Waals surface area contributed by atoms with Gasteiger partial charge in [-0.1, -0.05) is 20.8 Å². The quantitative estimate of drug-likeness (QED) is 0.690. The van der Waals surface area contributed by atoms with E-state index < -0.39 is 12.7 Å². The van der Waals surface area contributed by atoms with Gasteiger partial charge in [0.25, 0.3) is 0 Å². The van der Waals surface area contributed by atoms with Crippen molar-refractivity contribution in [3.8, 4) is 0 Å². The lowest BCUT2D eigenvalue weighted by Crippen LogP contribution is -2.41. The molecule has 0 aliphatic heterocycles. The topological polar surface area (TPSA) is 35.5 Å². The standard InChI is InChI=1S/C11H23F3N2O/c1-9(2)15-6-10(3)7-16(4-5-17)8-11(12,13)14/h9-10,15,17H,4-8H2,1-3H3. The van der Waals surface area contributed by atoms with Gasteiger partial charge in [0.2, 0.25) is 0 Å². The third-order valence-corrected chi connectivity index (χ3v) is 2.26. The molecule has 0 saturated carbocycles. The highest BCUT2D eigenvalue weighted by Crippen LogP contribution is 2.17. The number of aliphatic hydroxyl groups excluding tert-OH is 1. The number of hydrogen-bond donors (Lipinski definition) is 2. The Hall–Kier alpha value is -0.330. The molecule has 1 atom stereocenters. The van der Waals surface area contributed by atoms with Crippen LogP contribution in [-0.4, -0.2) is 55.0 Å². The molecular weight excluding hydrogens is 233 g/mol. The molecule has 3 nitrogen and oxygen atoms in total. The number of alkyl halides is 3. The van der Waals surface area contributed by atoms with Gasteiger partial charge in [-0.3, -0.25) is 4.90 Å². The van der Waals surface area contributed by atoms with Gasteiger partial charge in [0.1, 0.15) is 0 Å². The monoisotopic (exact) mass is 256 g/mol. The van der Waals surface area contributed by atoms with E-state index in [0.717, 1.165) is 0 Å². The smallest absolute Gasteiger partial charge is 0.395 e. The fraction of sp³-hybridized carbons (Fsp3) is 1.00. The van der Waals surface area contributed by atoms with Gasteiger partial charge in [0.05, 0.1) is 13.2 Å². The Morgan fingerprint density at radius 1 is 1.24 bits per heavy atom. The number of hydrogen-bond acceptors (Lipinski definition) is 3. The molecule has 0 aromatic carbocycles. The fourth-order valence-electron chi connectivity index (χ4n) is 1.57. The average molecular weight is 256 g/mol. The van der Waals surface area contributed by atoms with Crippen LogP contribution in [0.3, 0.4) is 0 Å². The zero-order valence-electron chi connectivity index (χ0n) is 10.7. The highest BCUT2D eigenvalue weighted by atomic mass is 19.4. The maximum atomic E-state index is 12.3. The summed E-state index contributed by atoms with van der Waals surface area (Å²) < 4.78 is 36.8.